The maximum atomic E-state index is 12.3. The molecule has 6 nitrogen and oxygen atoms in total. The van der Waals surface area contributed by atoms with Crippen LogP contribution in [0.25, 0.3) is 0 Å². The average molecular weight is 332 g/mol. The fourth-order valence-electron chi connectivity index (χ4n) is 3.07. The molecule has 0 aromatic heterocycles. The fraction of sp³-hybridized carbons (Fsp3) is 0.500. The minimum absolute atomic E-state index is 0.131. The van der Waals surface area contributed by atoms with Crippen molar-refractivity contribution in [3.05, 3.63) is 35.4 Å². The van der Waals surface area contributed by atoms with Crippen LogP contribution < -0.4 is 5.32 Å². The number of hydrogen-bond donors (Lipinski definition) is 2. The van der Waals surface area contributed by atoms with Crippen LogP contribution in [-0.2, 0) is 4.79 Å². The van der Waals surface area contributed by atoms with Gasteiger partial charge in [0.05, 0.1) is 5.41 Å². The monoisotopic (exact) mass is 332 g/mol. The van der Waals surface area contributed by atoms with Gasteiger partial charge in [-0.1, -0.05) is 19.3 Å². The van der Waals surface area contributed by atoms with Gasteiger partial charge in [0.15, 0.2) is 0 Å². The highest BCUT2D eigenvalue weighted by atomic mass is 16.4. The molecule has 0 aliphatic heterocycles. The normalized spacial score (nSPS) is 16.2. The van der Waals surface area contributed by atoms with Gasteiger partial charge >= 0.3 is 5.97 Å². The lowest BCUT2D eigenvalue weighted by molar-refractivity contribution is -0.150. The number of nitrogens with zero attached hydrogens (tertiary/aromatic N) is 1. The van der Waals surface area contributed by atoms with Gasteiger partial charge in [-0.25, -0.2) is 0 Å². The molecule has 1 saturated carbocycles. The first-order valence-corrected chi connectivity index (χ1v) is 8.19. The summed E-state index contributed by atoms with van der Waals surface area (Å²) in [6.45, 7) is 0.138. The third-order valence-corrected chi connectivity index (χ3v) is 4.65. The summed E-state index contributed by atoms with van der Waals surface area (Å²) in [6.07, 6.45) is 4.00. The van der Waals surface area contributed by atoms with Crippen LogP contribution in [0.1, 0.15) is 52.8 Å². The Bertz CT molecular complexity index is 616. The molecule has 130 valence electrons. The quantitative estimate of drug-likeness (QED) is 0.865. The first-order valence-electron chi connectivity index (χ1n) is 8.19. The zero-order valence-corrected chi connectivity index (χ0v) is 14.2. The predicted molar refractivity (Wildman–Crippen MR) is 89.9 cm³/mol. The minimum atomic E-state index is -0.852. The van der Waals surface area contributed by atoms with Crippen LogP contribution in [0.15, 0.2) is 24.3 Å². The second-order valence-corrected chi connectivity index (χ2v) is 6.61. The second kappa shape index (κ2) is 7.47. The van der Waals surface area contributed by atoms with Crippen LogP contribution in [-0.4, -0.2) is 48.4 Å². The molecule has 24 heavy (non-hydrogen) atoms. The minimum Gasteiger partial charge on any atom is -0.481 e. The maximum Gasteiger partial charge on any atom is 0.311 e. The van der Waals surface area contributed by atoms with Crippen LogP contribution in [0, 0.1) is 5.41 Å². The number of benzene rings is 1. The Kier molecular flexibility index (Phi) is 5.59. The number of rotatable bonds is 5. The van der Waals surface area contributed by atoms with Crippen LogP contribution in [0.3, 0.4) is 0 Å². The molecule has 0 radical (unpaired) electrons. The van der Waals surface area contributed by atoms with Crippen molar-refractivity contribution in [2.75, 3.05) is 20.6 Å². The van der Waals surface area contributed by atoms with Gasteiger partial charge in [-0.2, -0.15) is 0 Å². The Morgan fingerprint density at radius 1 is 1.04 bits per heavy atom. The maximum absolute atomic E-state index is 12.3. The zero-order valence-electron chi connectivity index (χ0n) is 14.2. The molecule has 2 N–H and O–H groups in total. The molecule has 0 unspecified atom stereocenters. The van der Waals surface area contributed by atoms with Crippen molar-refractivity contribution in [1.29, 1.82) is 0 Å². The molecular formula is C18H24N2O4. The highest BCUT2D eigenvalue weighted by Crippen LogP contribution is 2.36. The summed E-state index contributed by atoms with van der Waals surface area (Å²) in [5.41, 5.74) is 0.0712. The van der Waals surface area contributed by atoms with E-state index >= 15 is 0 Å². The topological polar surface area (TPSA) is 86.7 Å². The van der Waals surface area contributed by atoms with E-state index in [-0.39, 0.29) is 18.4 Å². The summed E-state index contributed by atoms with van der Waals surface area (Å²) >= 11 is 0. The third kappa shape index (κ3) is 3.93. The second-order valence-electron chi connectivity index (χ2n) is 6.61. The van der Waals surface area contributed by atoms with E-state index in [1.807, 2.05) is 0 Å². The van der Waals surface area contributed by atoms with Crippen molar-refractivity contribution in [3.8, 4) is 0 Å². The van der Waals surface area contributed by atoms with E-state index in [0.717, 1.165) is 19.3 Å². The molecule has 1 aromatic carbocycles. The van der Waals surface area contributed by atoms with Crippen molar-refractivity contribution < 1.29 is 19.5 Å². The molecule has 0 atom stereocenters. The molecule has 0 saturated heterocycles. The zero-order chi connectivity index (χ0) is 17.7. The number of aliphatic carboxylic acids is 1. The van der Waals surface area contributed by atoms with Gasteiger partial charge < -0.3 is 15.3 Å². The van der Waals surface area contributed by atoms with Gasteiger partial charge in [0.2, 0.25) is 0 Å². The van der Waals surface area contributed by atoms with E-state index in [0.29, 0.717) is 24.0 Å². The van der Waals surface area contributed by atoms with Crippen LogP contribution in [0.2, 0.25) is 0 Å². The number of amides is 2. The number of carboxylic acid groups (broad SMARTS) is 1. The molecule has 1 fully saturated rings. The largest absolute Gasteiger partial charge is 0.481 e. The van der Waals surface area contributed by atoms with Gasteiger partial charge in [0.25, 0.3) is 11.8 Å². The molecule has 1 aliphatic rings. The number of carboxylic acids is 1. The van der Waals surface area contributed by atoms with Crippen LogP contribution in [0.5, 0.6) is 0 Å². The summed E-state index contributed by atoms with van der Waals surface area (Å²) in [4.78, 5) is 37.2. The Hall–Kier alpha value is -2.37. The van der Waals surface area contributed by atoms with Gasteiger partial charge in [-0.05, 0) is 37.1 Å². The molecular weight excluding hydrogens is 308 g/mol. The van der Waals surface area contributed by atoms with E-state index in [1.54, 1.807) is 38.4 Å². The molecule has 0 heterocycles. The van der Waals surface area contributed by atoms with Crippen molar-refractivity contribution >= 4 is 17.8 Å². The lowest BCUT2D eigenvalue weighted by Crippen LogP contribution is -2.44. The molecule has 0 bridgehead atoms. The first kappa shape index (κ1) is 18.0. The lowest BCUT2D eigenvalue weighted by atomic mass is 9.74. The standard InChI is InChI=1S/C18H24N2O4/c1-20(2)16(22)14-8-6-13(7-9-14)15(21)19-12-18(17(23)24)10-4-3-5-11-18/h6-9H,3-5,10-12H2,1-2H3,(H,19,21)(H,23,24). The number of carbonyl (C=O) groups excluding carboxylic acids is 2. The summed E-state index contributed by atoms with van der Waals surface area (Å²) < 4.78 is 0. The Labute approximate surface area is 141 Å². The molecule has 6 heteroatoms. The van der Waals surface area contributed by atoms with Crippen LogP contribution in [0.4, 0.5) is 0 Å². The van der Waals surface area contributed by atoms with Crippen molar-refractivity contribution in [1.82, 2.24) is 10.2 Å². The summed E-state index contributed by atoms with van der Waals surface area (Å²) in [5, 5.41) is 12.3. The van der Waals surface area contributed by atoms with Crippen LogP contribution >= 0.6 is 0 Å². The summed E-state index contributed by atoms with van der Waals surface area (Å²) in [5.74, 6) is -1.28. The smallest absolute Gasteiger partial charge is 0.311 e. The van der Waals surface area contributed by atoms with Crippen molar-refractivity contribution in [2.45, 2.75) is 32.1 Å². The van der Waals surface area contributed by atoms with E-state index in [9.17, 15) is 19.5 Å². The van der Waals surface area contributed by atoms with E-state index < -0.39 is 11.4 Å². The third-order valence-electron chi connectivity index (χ3n) is 4.65. The number of hydrogen-bond acceptors (Lipinski definition) is 3. The highest BCUT2D eigenvalue weighted by Gasteiger charge is 2.39. The summed E-state index contributed by atoms with van der Waals surface area (Å²) in [6, 6.07) is 6.37. The van der Waals surface area contributed by atoms with E-state index in [2.05, 4.69) is 5.32 Å². The van der Waals surface area contributed by atoms with Gasteiger partial charge in [0.1, 0.15) is 0 Å². The average Bonchev–Trinajstić information content (AvgIpc) is 2.59. The fourth-order valence-corrected chi connectivity index (χ4v) is 3.07. The van der Waals surface area contributed by atoms with Crippen molar-refractivity contribution in [2.24, 2.45) is 5.41 Å². The first-order chi connectivity index (χ1) is 11.4. The molecule has 1 aliphatic carbocycles. The number of nitrogens with one attached hydrogen (secondary N) is 1. The van der Waals surface area contributed by atoms with E-state index in [1.165, 1.54) is 4.90 Å². The van der Waals surface area contributed by atoms with E-state index in [4.69, 9.17) is 0 Å². The Morgan fingerprint density at radius 3 is 2.08 bits per heavy atom. The summed E-state index contributed by atoms with van der Waals surface area (Å²) in [7, 11) is 3.33. The van der Waals surface area contributed by atoms with Gasteiger partial charge in [0, 0.05) is 31.8 Å². The lowest BCUT2D eigenvalue weighted by Gasteiger charge is -2.33. The van der Waals surface area contributed by atoms with Gasteiger partial charge in [-0.15, -0.1) is 0 Å². The van der Waals surface area contributed by atoms with Crippen molar-refractivity contribution in [3.63, 3.8) is 0 Å². The molecule has 0 spiro atoms. The molecule has 2 rings (SSSR count). The Morgan fingerprint density at radius 2 is 1.58 bits per heavy atom. The number of carbonyl (C=O) groups is 3. The van der Waals surface area contributed by atoms with Gasteiger partial charge in [-0.3, -0.25) is 14.4 Å². The molecule has 2 amide bonds. The SMILES string of the molecule is CN(C)C(=O)c1ccc(C(=O)NCC2(C(=O)O)CCCCC2)cc1. The highest BCUT2D eigenvalue weighted by molar-refractivity contribution is 5.97. The predicted octanol–water partition coefficient (Wildman–Crippen LogP) is 2.15. The Balaban J connectivity index is 2.01. The molecule has 1 aromatic rings.